The number of rotatable bonds is 3. The van der Waals surface area contributed by atoms with Crippen molar-refractivity contribution in [1.82, 2.24) is 0 Å². The smallest absolute Gasteiger partial charge is 0.291 e. The molecular formula is C16H19N3O2. The average molecular weight is 285 g/mol. The van der Waals surface area contributed by atoms with Crippen LogP contribution in [0.3, 0.4) is 0 Å². The van der Waals surface area contributed by atoms with Gasteiger partial charge in [-0.15, -0.1) is 0 Å². The van der Waals surface area contributed by atoms with Crippen molar-refractivity contribution in [2.75, 3.05) is 29.0 Å². The van der Waals surface area contributed by atoms with Gasteiger partial charge in [0.05, 0.1) is 17.6 Å². The molecule has 5 nitrogen and oxygen atoms in total. The molecule has 1 aromatic carbocycles. The predicted octanol–water partition coefficient (Wildman–Crippen LogP) is 3.10. The summed E-state index contributed by atoms with van der Waals surface area (Å²) in [6.07, 6.45) is 5.10. The van der Waals surface area contributed by atoms with Crippen molar-refractivity contribution in [3.8, 4) is 0 Å². The fraction of sp³-hybridized carbons (Fsp3) is 0.312. The molecule has 5 heteroatoms. The van der Waals surface area contributed by atoms with E-state index in [0.29, 0.717) is 11.4 Å². The number of carbonyl (C=O) groups excluding carboxylic acids is 1. The van der Waals surface area contributed by atoms with Gasteiger partial charge >= 0.3 is 0 Å². The Hall–Kier alpha value is -2.43. The van der Waals surface area contributed by atoms with Gasteiger partial charge in [-0.25, -0.2) is 0 Å². The molecule has 0 radical (unpaired) electrons. The first-order chi connectivity index (χ1) is 10.2. The van der Waals surface area contributed by atoms with Gasteiger partial charge in [-0.2, -0.15) is 0 Å². The molecule has 2 heterocycles. The predicted molar refractivity (Wildman–Crippen MR) is 83.6 cm³/mol. The highest BCUT2D eigenvalue weighted by molar-refractivity contribution is 6.04. The van der Waals surface area contributed by atoms with Crippen LogP contribution in [-0.2, 0) is 0 Å². The molecule has 0 bridgehead atoms. The van der Waals surface area contributed by atoms with E-state index in [9.17, 15) is 4.79 Å². The fourth-order valence-electron chi connectivity index (χ4n) is 2.66. The third-order valence-corrected chi connectivity index (χ3v) is 3.71. The summed E-state index contributed by atoms with van der Waals surface area (Å²) < 4.78 is 5.13. The molecule has 2 aromatic rings. The quantitative estimate of drug-likeness (QED) is 0.850. The molecule has 1 amide bonds. The Morgan fingerprint density at radius 1 is 1.19 bits per heavy atom. The summed E-state index contributed by atoms with van der Waals surface area (Å²) in [5.74, 6) is 0.0332. The van der Waals surface area contributed by atoms with Gasteiger partial charge in [-0.1, -0.05) is 0 Å². The molecule has 0 saturated carbocycles. The van der Waals surface area contributed by atoms with Crippen LogP contribution >= 0.6 is 0 Å². The monoisotopic (exact) mass is 285 g/mol. The summed E-state index contributed by atoms with van der Waals surface area (Å²) in [7, 11) is 0. The van der Waals surface area contributed by atoms with Crippen molar-refractivity contribution in [3.63, 3.8) is 0 Å². The van der Waals surface area contributed by atoms with E-state index in [1.54, 1.807) is 18.2 Å². The minimum atomic E-state index is -0.260. The van der Waals surface area contributed by atoms with E-state index in [1.165, 1.54) is 25.5 Å². The van der Waals surface area contributed by atoms with Crippen molar-refractivity contribution < 1.29 is 9.21 Å². The molecule has 110 valence electrons. The third kappa shape index (κ3) is 3.02. The van der Waals surface area contributed by atoms with Gasteiger partial charge in [0.1, 0.15) is 0 Å². The van der Waals surface area contributed by atoms with Crippen LogP contribution in [0.4, 0.5) is 17.1 Å². The van der Waals surface area contributed by atoms with Gasteiger partial charge in [0, 0.05) is 18.8 Å². The number of nitrogen functional groups attached to an aromatic ring is 1. The lowest BCUT2D eigenvalue weighted by molar-refractivity contribution is 0.0996. The highest BCUT2D eigenvalue weighted by Gasteiger charge is 2.17. The second-order valence-electron chi connectivity index (χ2n) is 5.26. The SMILES string of the molecule is Nc1ccc(N2CCCCC2)c(NC(=O)c2ccco2)c1. The zero-order chi connectivity index (χ0) is 14.7. The first-order valence-corrected chi connectivity index (χ1v) is 7.23. The number of anilines is 3. The lowest BCUT2D eigenvalue weighted by Gasteiger charge is -2.30. The molecular weight excluding hydrogens is 266 g/mol. The van der Waals surface area contributed by atoms with Gasteiger partial charge < -0.3 is 20.4 Å². The Morgan fingerprint density at radius 3 is 2.71 bits per heavy atom. The number of furan rings is 1. The third-order valence-electron chi connectivity index (χ3n) is 3.71. The molecule has 1 aliphatic rings. The Morgan fingerprint density at radius 2 is 2.00 bits per heavy atom. The highest BCUT2D eigenvalue weighted by atomic mass is 16.3. The number of nitrogens with one attached hydrogen (secondary N) is 1. The highest BCUT2D eigenvalue weighted by Crippen LogP contribution is 2.30. The maximum atomic E-state index is 12.2. The van der Waals surface area contributed by atoms with Crippen LogP contribution in [0.2, 0.25) is 0 Å². The number of amides is 1. The van der Waals surface area contributed by atoms with E-state index in [2.05, 4.69) is 10.2 Å². The van der Waals surface area contributed by atoms with E-state index >= 15 is 0 Å². The summed E-state index contributed by atoms with van der Waals surface area (Å²) in [5, 5.41) is 2.90. The van der Waals surface area contributed by atoms with Crippen LogP contribution in [0, 0.1) is 0 Å². The standard InChI is InChI=1S/C16H19N3O2/c17-12-6-7-14(19-8-2-1-3-9-19)13(11-12)18-16(20)15-5-4-10-21-15/h4-7,10-11H,1-3,8-9,17H2,(H,18,20). The van der Waals surface area contributed by atoms with E-state index in [-0.39, 0.29) is 5.91 Å². The summed E-state index contributed by atoms with van der Waals surface area (Å²) in [6, 6.07) is 8.97. The van der Waals surface area contributed by atoms with Gasteiger partial charge in [-0.05, 0) is 49.6 Å². The van der Waals surface area contributed by atoms with Crippen LogP contribution in [0.15, 0.2) is 41.0 Å². The number of benzene rings is 1. The van der Waals surface area contributed by atoms with Crippen molar-refractivity contribution in [1.29, 1.82) is 0 Å². The maximum Gasteiger partial charge on any atom is 0.291 e. The largest absolute Gasteiger partial charge is 0.459 e. The normalized spacial score (nSPS) is 15.0. The summed E-state index contributed by atoms with van der Waals surface area (Å²) in [5.41, 5.74) is 8.24. The zero-order valence-corrected chi connectivity index (χ0v) is 11.8. The molecule has 1 saturated heterocycles. The van der Waals surface area contributed by atoms with Crippen LogP contribution in [0.5, 0.6) is 0 Å². The fourth-order valence-corrected chi connectivity index (χ4v) is 2.66. The van der Waals surface area contributed by atoms with E-state index in [1.807, 2.05) is 12.1 Å². The molecule has 3 rings (SSSR count). The van der Waals surface area contributed by atoms with E-state index < -0.39 is 0 Å². The number of hydrogen-bond donors (Lipinski definition) is 2. The van der Waals surface area contributed by atoms with Crippen LogP contribution in [0.25, 0.3) is 0 Å². The average Bonchev–Trinajstić information content (AvgIpc) is 3.03. The first-order valence-electron chi connectivity index (χ1n) is 7.23. The Labute approximate surface area is 123 Å². The molecule has 0 spiro atoms. The van der Waals surface area contributed by atoms with Crippen molar-refractivity contribution in [3.05, 3.63) is 42.4 Å². The van der Waals surface area contributed by atoms with Gasteiger partial charge in [0.15, 0.2) is 5.76 Å². The van der Waals surface area contributed by atoms with Crippen molar-refractivity contribution in [2.45, 2.75) is 19.3 Å². The van der Waals surface area contributed by atoms with Gasteiger partial charge in [0.2, 0.25) is 0 Å². The molecule has 21 heavy (non-hydrogen) atoms. The summed E-state index contributed by atoms with van der Waals surface area (Å²) in [6.45, 7) is 2.01. The van der Waals surface area contributed by atoms with Gasteiger partial charge in [-0.3, -0.25) is 4.79 Å². The van der Waals surface area contributed by atoms with E-state index in [0.717, 1.165) is 24.5 Å². The molecule has 3 N–H and O–H groups in total. The number of nitrogens with two attached hydrogens (primary N) is 1. The molecule has 0 atom stereocenters. The Kier molecular flexibility index (Phi) is 3.81. The molecule has 1 fully saturated rings. The summed E-state index contributed by atoms with van der Waals surface area (Å²) >= 11 is 0. The second-order valence-corrected chi connectivity index (χ2v) is 5.26. The zero-order valence-electron chi connectivity index (χ0n) is 11.8. The Bertz CT molecular complexity index is 616. The molecule has 1 aliphatic heterocycles. The molecule has 0 unspecified atom stereocenters. The lowest BCUT2D eigenvalue weighted by Crippen LogP contribution is -2.30. The number of hydrogen-bond acceptors (Lipinski definition) is 4. The van der Waals surface area contributed by atoms with Crippen LogP contribution in [-0.4, -0.2) is 19.0 Å². The molecule has 1 aromatic heterocycles. The first kappa shape index (κ1) is 13.5. The number of carbonyl (C=O) groups is 1. The van der Waals surface area contributed by atoms with Crippen molar-refractivity contribution in [2.24, 2.45) is 0 Å². The maximum absolute atomic E-state index is 12.2. The minimum Gasteiger partial charge on any atom is -0.459 e. The minimum absolute atomic E-state index is 0.260. The van der Waals surface area contributed by atoms with E-state index in [4.69, 9.17) is 10.2 Å². The Balaban J connectivity index is 1.85. The van der Waals surface area contributed by atoms with Crippen molar-refractivity contribution >= 4 is 23.0 Å². The van der Waals surface area contributed by atoms with Crippen LogP contribution in [0.1, 0.15) is 29.8 Å². The van der Waals surface area contributed by atoms with Gasteiger partial charge in [0.25, 0.3) is 5.91 Å². The summed E-state index contributed by atoms with van der Waals surface area (Å²) in [4.78, 5) is 14.4. The number of piperidine rings is 1. The lowest BCUT2D eigenvalue weighted by atomic mass is 10.1. The van der Waals surface area contributed by atoms with Crippen LogP contribution < -0.4 is 16.0 Å². The molecule has 0 aliphatic carbocycles. The topological polar surface area (TPSA) is 71.5 Å². The second kappa shape index (κ2) is 5.91. The number of nitrogens with zero attached hydrogens (tertiary/aromatic N) is 1.